The van der Waals surface area contributed by atoms with Crippen LogP contribution in [0, 0.1) is 11.8 Å². The van der Waals surface area contributed by atoms with Crippen molar-refractivity contribution in [3.8, 4) is 0 Å². The largest absolute Gasteiger partial charge is 0.130 e. The summed E-state index contributed by atoms with van der Waals surface area (Å²) in [5.74, 6) is 1.98. The molecule has 1 aliphatic carbocycles. The SMILES string of the molecule is CCC=C=CCC1CCCC(CCC)C1. The van der Waals surface area contributed by atoms with Crippen LogP contribution in [0.25, 0.3) is 0 Å². The summed E-state index contributed by atoms with van der Waals surface area (Å²) in [6.07, 6.45) is 15.4. The Morgan fingerprint density at radius 3 is 2.67 bits per heavy atom. The van der Waals surface area contributed by atoms with Gasteiger partial charge in [-0.25, -0.2) is 0 Å². The molecule has 2 unspecified atom stereocenters. The van der Waals surface area contributed by atoms with E-state index in [-0.39, 0.29) is 0 Å². The standard InChI is InChI=1S/C15H26/c1-3-5-6-7-10-15-12-8-11-14(13-15)9-4-2/h5,7,14-15H,3-4,8-13H2,1-2H3. The van der Waals surface area contributed by atoms with Crippen LogP contribution >= 0.6 is 0 Å². The summed E-state index contributed by atoms with van der Waals surface area (Å²) < 4.78 is 0. The number of rotatable bonds is 5. The lowest BCUT2D eigenvalue weighted by Gasteiger charge is -2.28. The summed E-state index contributed by atoms with van der Waals surface area (Å²) in [5.41, 5.74) is 3.28. The van der Waals surface area contributed by atoms with Crippen molar-refractivity contribution in [3.63, 3.8) is 0 Å². The maximum absolute atomic E-state index is 3.28. The molecule has 0 nitrogen and oxygen atoms in total. The van der Waals surface area contributed by atoms with E-state index in [1.54, 1.807) is 0 Å². The fraction of sp³-hybridized carbons (Fsp3) is 0.800. The van der Waals surface area contributed by atoms with Crippen LogP contribution in [0.4, 0.5) is 0 Å². The first-order chi connectivity index (χ1) is 7.36. The van der Waals surface area contributed by atoms with Crippen molar-refractivity contribution in [3.05, 3.63) is 17.9 Å². The molecule has 15 heavy (non-hydrogen) atoms. The Balaban J connectivity index is 2.26. The third-order valence-corrected chi connectivity index (χ3v) is 3.48. The molecule has 0 radical (unpaired) electrons. The van der Waals surface area contributed by atoms with Crippen LogP contribution in [-0.4, -0.2) is 0 Å². The van der Waals surface area contributed by atoms with E-state index < -0.39 is 0 Å². The summed E-state index contributed by atoms with van der Waals surface area (Å²) in [6.45, 7) is 4.48. The third kappa shape index (κ3) is 5.23. The zero-order chi connectivity index (χ0) is 10.9. The van der Waals surface area contributed by atoms with Crippen LogP contribution in [0.5, 0.6) is 0 Å². The van der Waals surface area contributed by atoms with Gasteiger partial charge in [0.05, 0.1) is 0 Å². The second-order valence-electron chi connectivity index (χ2n) is 4.91. The second kappa shape index (κ2) is 7.77. The third-order valence-electron chi connectivity index (χ3n) is 3.48. The minimum Gasteiger partial charge on any atom is -0.130 e. The van der Waals surface area contributed by atoms with Gasteiger partial charge >= 0.3 is 0 Å². The van der Waals surface area contributed by atoms with Gasteiger partial charge in [-0.05, 0) is 43.3 Å². The molecule has 0 aromatic rings. The van der Waals surface area contributed by atoms with Gasteiger partial charge in [0.15, 0.2) is 0 Å². The van der Waals surface area contributed by atoms with E-state index in [1.807, 2.05) is 0 Å². The Hall–Kier alpha value is -0.480. The quantitative estimate of drug-likeness (QED) is 0.549. The maximum Gasteiger partial charge on any atom is -0.0246 e. The smallest absolute Gasteiger partial charge is 0.0246 e. The molecule has 0 aromatic heterocycles. The Kier molecular flexibility index (Phi) is 6.52. The molecule has 0 aromatic carbocycles. The molecule has 0 spiro atoms. The molecular formula is C15H26. The van der Waals surface area contributed by atoms with E-state index in [4.69, 9.17) is 0 Å². The van der Waals surface area contributed by atoms with Gasteiger partial charge in [-0.15, -0.1) is 5.73 Å². The lowest BCUT2D eigenvalue weighted by Crippen LogP contribution is -2.14. The van der Waals surface area contributed by atoms with Gasteiger partial charge in [0, 0.05) is 0 Å². The van der Waals surface area contributed by atoms with E-state index in [9.17, 15) is 0 Å². The zero-order valence-electron chi connectivity index (χ0n) is 10.5. The van der Waals surface area contributed by atoms with Gasteiger partial charge in [0.2, 0.25) is 0 Å². The summed E-state index contributed by atoms with van der Waals surface area (Å²) in [5, 5.41) is 0. The van der Waals surface area contributed by atoms with E-state index >= 15 is 0 Å². The van der Waals surface area contributed by atoms with Gasteiger partial charge < -0.3 is 0 Å². The van der Waals surface area contributed by atoms with Gasteiger partial charge in [-0.3, -0.25) is 0 Å². The van der Waals surface area contributed by atoms with E-state index in [1.165, 1.54) is 44.9 Å². The molecule has 0 heterocycles. The van der Waals surface area contributed by atoms with Crippen molar-refractivity contribution in [2.45, 2.75) is 65.2 Å². The van der Waals surface area contributed by atoms with Crippen molar-refractivity contribution in [2.75, 3.05) is 0 Å². The Morgan fingerprint density at radius 2 is 1.93 bits per heavy atom. The van der Waals surface area contributed by atoms with Crippen LogP contribution in [0.1, 0.15) is 65.2 Å². The average molecular weight is 206 g/mol. The first-order valence-electron chi connectivity index (χ1n) is 6.76. The van der Waals surface area contributed by atoms with Gasteiger partial charge in [-0.2, -0.15) is 0 Å². The highest BCUT2D eigenvalue weighted by Crippen LogP contribution is 2.33. The molecule has 1 saturated carbocycles. The Bertz CT molecular complexity index is 206. The highest BCUT2D eigenvalue weighted by Gasteiger charge is 2.19. The Labute approximate surface area is 95.5 Å². The zero-order valence-corrected chi connectivity index (χ0v) is 10.5. The lowest BCUT2D eigenvalue weighted by atomic mass is 9.78. The molecule has 0 saturated heterocycles. The maximum atomic E-state index is 3.28. The molecule has 1 fully saturated rings. The van der Waals surface area contributed by atoms with E-state index in [0.29, 0.717) is 0 Å². The molecule has 0 amide bonds. The molecular weight excluding hydrogens is 180 g/mol. The molecule has 1 aliphatic rings. The van der Waals surface area contributed by atoms with Crippen molar-refractivity contribution in [2.24, 2.45) is 11.8 Å². The molecule has 86 valence electrons. The van der Waals surface area contributed by atoms with Crippen molar-refractivity contribution in [1.29, 1.82) is 0 Å². The monoisotopic (exact) mass is 206 g/mol. The van der Waals surface area contributed by atoms with Gasteiger partial charge in [-0.1, -0.05) is 46.0 Å². The highest BCUT2D eigenvalue weighted by molar-refractivity contribution is 4.87. The normalized spacial score (nSPS) is 25.7. The topological polar surface area (TPSA) is 0 Å². The summed E-state index contributed by atoms with van der Waals surface area (Å²) in [7, 11) is 0. The predicted molar refractivity (Wildman–Crippen MR) is 67.9 cm³/mol. The van der Waals surface area contributed by atoms with Crippen LogP contribution in [0.3, 0.4) is 0 Å². The Morgan fingerprint density at radius 1 is 1.13 bits per heavy atom. The molecule has 1 rings (SSSR count). The fourth-order valence-corrected chi connectivity index (χ4v) is 2.72. The first-order valence-corrected chi connectivity index (χ1v) is 6.76. The van der Waals surface area contributed by atoms with Crippen LogP contribution < -0.4 is 0 Å². The second-order valence-corrected chi connectivity index (χ2v) is 4.91. The lowest BCUT2D eigenvalue weighted by molar-refractivity contribution is 0.255. The van der Waals surface area contributed by atoms with Gasteiger partial charge in [0.25, 0.3) is 0 Å². The van der Waals surface area contributed by atoms with Crippen LogP contribution in [-0.2, 0) is 0 Å². The van der Waals surface area contributed by atoms with E-state index in [0.717, 1.165) is 18.3 Å². The van der Waals surface area contributed by atoms with Crippen molar-refractivity contribution < 1.29 is 0 Å². The first kappa shape index (κ1) is 12.6. The average Bonchev–Trinajstić information content (AvgIpc) is 2.26. The molecule has 0 bridgehead atoms. The summed E-state index contributed by atoms with van der Waals surface area (Å²) in [6, 6.07) is 0. The fourth-order valence-electron chi connectivity index (χ4n) is 2.72. The molecule has 0 N–H and O–H groups in total. The van der Waals surface area contributed by atoms with Gasteiger partial charge in [0.1, 0.15) is 0 Å². The highest BCUT2D eigenvalue weighted by atomic mass is 14.3. The van der Waals surface area contributed by atoms with Crippen LogP contribution in [0.15, 0.2) is 17.9 Å². The summed E-state index contributed by atoms with van der Waals surface area (Å²) >= 11 is 0. The number of hydrogen-bond acceptors (Lipinski definition) is 0. The summed E-state index contributed by atoms with van der Waals surface area (Å²) in [4.78, 5) is 0. The number of allylic oxidation sites excluding steroid dienone is 1. The van der Waals surface area contributed by atoms with Crippen LogP contribution in [0.2, 0.25) is 0 Å². The predicted octanol–water partition coefficient (Wildman–Crippen LogP) is 5.10. The molecule has 2 atom stereocenters. The van der Waals surface area contributed by atoms with Crippen molar-refractivity contribution in [1.82, 2.24) is 0 Å². The molecule has 0 aliphatic heterocycles. The number of hydrogen-bond donors (Lipinski definition) is 0. The molecule has 0 heteroatoms. The minimum absolute atomic E-state index is 0.952. The minimum atomic E-state index is 0.952. The van der Waals surface area contributed by atoms with Crippen molar-refractivity contribution >= 4 is 0 Å². The van der Waals surface area contributed by atoms with E-state index in [2.05, 4.69) is 31.7 Å².